The van der Waals surface area contributed by atoms with Gasteiger partial charge < -0.3 is 9.80 Å². The molecule has 1 rings (SSSR count). The van der Waals surface area contributed by atoms with E-state index in [-0.39, 0.29) is 0 Å². The van der Waals surface area contributed by atoms with Crippen molar-refractivity contribution in [2.24, 2.45) is 0 Å². The Balaban J connectivity index is 2.22. The molecule has 2 nitrogen and oxygen atoms in total. The quantitative estimate of drug-likeness (QED) is 0.589. The normalized spacial score (nSPS) is 16.8. The van der Waals surface area contributed by atoms with Crippen LogP contribution in [0.1, 0.15) is 20.3 Å². The van der Waals surface area contributed by atoms with Gasteiger partial charge in [-0.2, -0.15) is 0 Å². The average molecular weight is 166 g/mol. The third kappa shape index (κ3) is 2.61. The molecule has 0 atom stereocenters. The first kappa shape index (κ1) is 9.17. The minimum atomic E-state index is 1.03. The molecule has 0 spiro atoms. The van der Waals surface area contributed by atoms with Crippen LogP contribution < -0.4 is 0 Å². The fourth-order valence-corrected chi connectivity index (χ4v) is 1.31. The predicted molar refractivity (Wildman–Crippen MR) is 52.5 cm³/mol. The molecule has 1 heterocycles. The van der Waals surface area contributed by atoms with E-state index >= 15 is 0 Å². The van der Waals surface area contributed by atoms with Gasteiger partial charge in [0.15, 0.2) is 0 Å². The Bertz CT molecular complexity index is 173. The molecule has 0 N–H and O–H groups in total. The van der Waals surface area contributed by atoms with Gasteiger partial charge in [-0.25, -0.2) is 0 Å². The highest BCUT2D eigenvalue weighted by molar-refractivity contribution is 4.94. The van der Waals surface area contributed by atoms with Crippen LogP contribution >= 0.6 is 0 Å². The Morgan fingerprint density at radius 2 is 2.08 bits per heavy atom. The summed E-state index contributed by atoms with van der Waals surface area (Å²) in [7, 11) is 0. The second kappa shape index (κ2) is 4.86. The van der Waals surface area contributed by atoms with E-state index in [1.807, 2.05) is 0 Å². The third-order valence-corrected chi connectivity index (χ3v) is 1.94. The van der Waals surface area contributed by atoms with E-state index in [1.165, 1.54) is 13.0 Å². The summed E-state index contributed by atoms with van der Waals surface area (Å²) in [5.74, 6) is 0. The molecule has 0 amide bonds. The first-order valence-electron chi connectivity index (χ1n) is 4.64. The van der Waals surface area contributed by atoms with Crippen molar-refractivity contribution in [3.63, 3.8) is 0 Å². The Labute approximate surface area is 75.2 Å². The molecule has 2 heteroatoms. The molecular weight excluding hydrogens is 148 g/mol. The summed E-state index contributed by atoms with van der Waals surface area (Å²) in [5, 5.41) is 0. The van der Waals surface area contributed by atoms with Crippen molar-refractivity contribution in [3.8, 4) is 0 Å². The molecule has 0 bridgehead atoms. The van der Waals surface area contributed by atoms with Crippen LogP contribution in [-0.4, -0.2) is 29.6 Å². The number of allylic oxidation sites excluding steroid dienone is 1. The highest BCUT2D eigenvalue weighted by Gasteiger charge is 2.08. The summed E-state index contributed by atoms with van der Waals surface area (Å²) < 4.78 is 0. The van der Waals surface area contributed by atoms with Crippen LogP contribution in [-0.2, 0) is 0 Å². The van der Waals surface area contributed by atoms with E-state index in [4.69, 9.17) is 0 Å². The van der Waals surface area contributed by atoms with Crippen molar-refractivity contribution < 1.29 is 0 Å². The minimum Gasteiger partial charge on any atom is -0.359 e. The lowest BCUT2D eigenvalue weighted by molar-refractivity contribution is 0.281. The Kier molecular flexibility index (Phi) is 3.71. The molecule has 0 aliphatic carbocycles. The van der Waals surface area contributed by atoms with E-state index in [2.05, 4.69) is 48.2 Å². The van der Waals surface area contributed by atoms with Crippen LogP contribution in [0.2, 0.25) is 0 Å². The van der Waals surface area contributed by atoms with Gasteiger partial charge in [0.05, 0.1) is 6.67 Å². The minimum absolute atomic E-state index is 1.03. The van der Waals surface area contributed by atoms with Crippen molar-refractivity contribution in [2.75, 3.05) is 19.8 Å². The van der Waals surface area contributed by atoms with Crippen molar-refractivity contribution in [2.45, 2.75) is 20.3 Å². The molecule has 0 aromatic carbocycles. The zero-order valence-electron chi connectivity index (χ0n) is 8.03. The van der Waals surface area contributed by atoms with Gasteiger partial charge in [-0.15, -0.1) is 0 Å². The van der Waals surface area contributed by atoms with E-state index in [9.17, 15) is 0 Å². The molecule has 0 saturated heterocycles. The molecule has 1 aliphatic heterocycles. The highest BCUT2D eigenvalue weighted by atomic mass is 15.3. The second-order valence-corrected chi connectivity index (χ2v) is 3.09. The average Bonchev–Trinajstić information content (AvgIpc) is 2.50. The smallest absolute Gasteiger partial charge is 0.0896 e. The summed E-state index contributed by atoms with van der Waals surface area (Å²) in [5.41, 5.74) is 0. The lowest BCUT2D eigenvalue weighted by Gasteiger charge is -2.19. The van der Waals surface area contributed by atoms with Gasteiger partial charge in [-0.1, -0.05) is 19.1 Å². The zero-order chi connectivity index (χ0) is 8.81. The van der Waals surface area contributed by atoms with E-state index < -0.39 is 0 Å². The van der Waals surface area contributed by atoms with Gasteiger partial charge in [-0.05, 0) is 13.3 Å². The molecule has 0 aromatic heterocycles. The van der Waals surface area contributed by atoms with Gasteiger partial charge in [0, 0.05) is 25.5 Å². The van der Waals surface area contributed by atoms with Gasteiger partial charge >= 0.3 is 0 Å². The summed E-state index contributed by atoms with van der Waals surface area (Å²) in [6.45, 7) is 7.53. The van der Waals surface area contributed by atoms with E-state index in [0.717, 1.165) is 13.2 Å². The molecule has 12 heavy (non-hydrogen) atoms. The van der Waals surface area contributed by atoms with Gasteiger partial charge in [0.25, 0.3) is 0 Å². The van der Waals surface area contributed by atoms with Gasteiger partial charge in [0.2, 0.25) is 0 Å². The Hall–Kier alpha value is -0.920. The lowest BCUT2D eigenvalue weighted by atomic mass is 10.4. The zero-order valence-corrected chi connectivity index (χ0v) is 8.03. The molecule has 0 aromatic rings. The van der Waals surface area contributed by atoms with Crippen molar-refractivity contribution in [1.29, 1.82) is 0 Å². The highest BCUT2D eigenvalue weighted by Crippen LogP contribution is 2.06. The molecule has 1 aliphatic rings. The molecule has 0 radical (unpaired) electrons. The maximum atomic E-state index is 2.34. The Morgan fingerprint density at radius 1 is 1.33 bits per heavy atom. The standard InChI is InChI=1S/C10H18N2/c1-3-5-7-12-9-8-11(10-12)6-4-2/h3,5,8-9H,4,6-7,10H2,1-2H3. The molecule has 68 valence electrons. The SMILES string of the molecule is CC=CCN1C=CN(CCC)C1. The molecule has 0 fully saturated rings. The third-order valence-electron chi connectivity index (χ3n) is 1.94. The van der Waals surface area contributed by atoms with Crippen molar-refractivity contribution >= 4 is 0 Å². The van der Waals surface area contributed by atoms with E-state index in [1.54, 1.807) is 0 Å². The van der Waals surface area contributed by atoms with Crippen molar-refractivity contribution in [3.05, 3.63) is 24.6 Å². The fraction of sp³-hybridized carbons (Fsp3) is 0.600. The van der Waals surface area contributed by atoms with Crippen molar-refractivity contribution in [1.82, 2.24) is 9.80 Å². The van der Waals surface area contributed by atoms with Crippen LogP contribution in [0.5, 0.6) is 0 Å². The predicted octanol–water partition coefficient (Wildman–Crippen LogP) is 2.02. The summed E-state index contributed by atoms with van der Waals surface area (Å²) in [6.07, 6.45) is 9.83. The van der Waals surface area contributed by atoms with E-state index in [0.29, 0.717) is 0 Å². The Morgan fingerprint density at radius 3 is 2.75 bits per heavy atom. The summed E-state index contributed by atoms with van der Waals surface area (Å²) >= 11 is 0. The number of hydrogen-bond donors (Lipinski definition) is 0. The number of hydrogen-bond acceptors (Lipinski definition) is 2. The topological polar surface area (TPSA) is 6.48 Å². The maximum absolute atomic E-state index is 2.34. The first-order chi connectivity index (χ1) is 5.86. The summed E-state index contributed by atoms with van der Waals surface area (Å²) in [4.78, 5) is 4.64. The lowest BCUT2D eigenvalue weighted by Crippen LogP contribution is -2.25. The van der Waals surface area contributed by atoms with Gasteiger partial charge in [-0.3, -0.25) is 0 Å². The maximum Gasteiger partial charge on any atom is 0.0896 e. The van der Waals surface area contributed by atoms with Crippen LogP contribution in [0, 0.1) is 0 Å². The largest absolute Gasteiger partial charge is 0.359 e. The number of rotatable bonds is 4. The van der Waals surface area contributed by atoms with Crippen LogP contribution in [0.15, 0.2) is 24.6 Å². The van der Waals surface area contributed by atoms with Gasteiger partial charge in [0.1, 0.15) is 0 Å². The second-order valence-electron chi connectivity index (χ2n) is 3.09. The van der Waals surface area contributed by atoms with Crippen LogP contribution in [0.3, 0.4) is 0 Å². The van der Waals surface area contributed by atoms with Crippen LogP contribution in [0.4, 0.5) is 0 Å². The first-order valence-corrected chi connectivity index (χ1v) is 4.64. The fourth-order valence-electron chi connectivity index (χ4n) is 1.31. The molecular formula is C10H18N2. The molecule has 0 saturated carbocycles. The molecule has 0 unspecified atom stereocenters. The number of nitrogens with zero attached hydrogens (tertiary/aromatic N) is 2. The van der Waals surface area contributed by atoms with Crippen LogP contribution in [0.25, 0.3) is 0 Å². The summed E-state index contributed by atoms with van der Waals surface area (Å²) in [6, 6.07) is 0. The monoisotopic (exact) mass is 166 g/mol.